The van der Waals surface area contributed by atoms with Crippen molar-refractivity contribution in [2.45, 2.75) is 32.6 Å². The van der Waals surface area contributed by atoms with E-state index in [1.54, 1.807) is 12.1 Å². The SMILES string of the molecule is CC(C)(C)c1ccc(OCCCNC(=O)Nc2ccccc2Cl)c(Br)c1. The van der Waals surface area contributed by atoms with E-state index >= 15 is 0 Å². The van der Waals surface area contributed by atoms with Gasteiger partial charge < -0.3 is 15.4 Å². The molecule has 4 nitrogen and oxygen atoms in total. The second-order valence-corrected chi connectivity index (χ2v) is 8.22. The van der Waals surface area contributed by atoms with Gasteiger partial charge in [0.25, 0.3) is 0 Å². The number of anilines is 1. The molecule has 0 radical (unpaired) electrons. The van der Waals surface area contributed by atoms with Crippen molar-refractivity contribution in [3.05, 3.63) is 57.5 Å². The summed E-state index contributed by atoms with van der Waals surface area (Å²) in [5.74, 6) is 0.804. The van der Waals surface area contributed by atoms with E-state index in [0.717, 1.165) is 10.2 Å². The zero-order valence-electron chi connectivity index (χ0n) is 15.2. The largest absolute Gasteiger partial charge is 0.492 e. The highest BCUT2D eigenvalue weighted by atomic mass is 79.9. The summed E-state index contributed by atoms with van der Waals surface area (Å²) < 4.78 is 6.72. The van der Waals surface area contributed by atoms with Crippen LogP contribution in [0.3, 0.4) is 0 Å². The molecule has 2 aromatic rings. The molecule has 2 aromatic carbocycles. The van der Waals surface area contributed by atoms with Gasteiger partial charge >= 0.3 is 6.03 Å². The Morgan fingerprint density at radius 3 is 2.58 bits per heavy atom. The Balaban J connectivity index is 1.72. The Morgan fingerprint density at radius 2 is 1.92 bits per heavy atom. The fourth-order valence-corrected chi connectivity index (χ4v) is 2.95. The number of carbonyl (C=O) groups is 1. The highest BCUT2D eigenvalue weighted by Gasteiger charge is 2.15. The zero-order valence-corrected chi connectivity index (χ0v) is 17.6. The van der Waals surface area contributed by atoms with Crippen LogP contribution in [0.15, 0.2) is 46.9 Å². The van der Waals surface area contributed by atoms with Gasteiger partial charge in [0.1, 0.15) is 5.75 Å². The van der Waals surface area contributed by atoms with Gasteiger partial charge in [-0.05, 0) is 57.6 Å². The maximum atomic E-state index is 11.9. The lowest BCUT2D eigenvalue weighted by atomic mass is 9.87. The fourth-order valence-electron chi connectivity index (χ4n) is 2.27. The van der Waals surface area contributed by atoms with Gasteiger partial charge in [-0.3, -0.25) is 0 Å². The highest BCUT2D eigenvalue weighted by Crippen LogP contribution is 2.31. The molecule has 0 saturated heterocycles. The number of ether oxygens (including phenoxy) is 1. The zero-order chi connectivity index (χ0) is 19.2. The van der Waals surface area contributed by atoms with Crippen molar-refractivity contribution in [1.82, 2.24) is 5.32 Å². The quantitative estimate of drug-likeness (QED) is 0.543. The fraction of sp³-hybridized carbons (Fsp3) is 0.350. The first kappa shape index (κ1) is 20.6. The molecule has 0 aliphatic carbocycles. The smallest absolute Gasteiger partial charge is 0.319 e. The number of rotatable bonds is 6. The Hall–Kier alpha value is -1.72. The Bertz CT molecular complexity index is 760. The van der Waals surface area contributed by atoms with E-state index in [1.807, 2.05) is 18.2 Å². The normalized spacial score (nSPS) is 11.1. The van der Waals surface area contributed by atoms with Crippen molar-refractivity contribution in [3.8, 4) is 5.75 Å². The molecule has 0 fully saturated rings. The second kappa shape index (κ2) is 9.28. The van der Waals surface area contributed by atoms with Gasteiger partial charge in [-0.25, -0.2) is 4.79 Å². The van der Waals surface area contributed by atoms with Crippen molar-refractivity contribution < 1.29 is 9.53 Å². The summed E-state index contributed by atoms with van der Waals surface area (Å²) in [4.78, 5) is 11.9. The summed E-state index contributed by atoms with van der Waals surface area (Å²) in [7, 11) is 0. The first-order valence-electron chi connectivity index (χ1n) is 8.49. The molecule has 0 aliphatic rings. The van der Waals surface area contributed by atoms with Crippen molar-refractivity contribution in [1.29, 1.82) is 0 Å². The molecule has 0 unspecified atom stereocenters. The third-order valence-corrected chi connectivity index (χ3v) is 4.73. The van der Waals surface area contributed by atoms with E-state index in [0.29, 0.717) is 30.3 Å². The van der Waals surface area contributed by atoms with E-state index in [2.05, 4.69) is 59.5 Å². The Kier molecular flexibility index (Phi) is 7.35. The molecular weight excluding hydrogens is 416 g/mol. The minimum atomic E-state index is -0.284. The van der Waals surface area contributed by atoms with Gasteiger partial charge in [0, 0.05) is 6.54 Å². The molecule has 6 heteroatoms. The number of hydrogen-bond donors (Lipinski definition) is 2. The molecule has 0 spiro atoms. The van der Waals surface area contributed by atoms with Crippen LogP contribution in [-0.4, -0.2) is 19.2 Å². The minimum Gasteiger partial charge on any atom is -0.492 e. The minimum absolute atomic E-state index is 0.0972. The molecule has 0 aromatic heterocycles. The number of amides is 2. The average Bonchev–Trinajstić information content (AvgIpc) is 2.57. The average molecular weight is 440 g/mol. The van der Waals surface area contributed by atoms with Gasteiger partial charge in [0.2, 0.25) is 0 Å². The van der Waals surface area contributed by atoms with Crippen LogP contribution in [0.2, 0.25) is 5.02 Å². The molecule has 140 valence electrons. The standard InChI is InChI=1S/C20H24BrClN2O2/c1-20(2,3)14-9-10-18(15(21)13-14)26-12-6-11-23-19(25)24-17-8-5-4-7-16(17)22/h4-5,7-10,13H,6,11-12H2,1-3H3,(H2,23,24,25). The van der Waals surface area contributed by atoms with Gasteiger partial charge in [0.05, 0.1) is 21.8 Å². The number of nitrogens with one attached hydrogen (secondary N) is 2. The lowest BCUT2D eigenvalue weighted by Gasteiger charge is -2.20. The number of carbonyl (C=O) groups excluding carboxylic acids is 1. The summed E-state index contributed by atoms with van der Waals surface area (Å²) >= 11 is 9.57. The Labute approximate surface area is 168 Å². The number of benzene rings is 2. The molecule has 0 heterocycles. The molecular formula is C20H24BrClN2O2. The summed E-state index contributed by atoms with van der Waals surface area (Å²) in [6.07, 6.45) is 0.698. The van der Waals surface area contributed by atoms with E-state index in [4.69, 9.17) is 16.3 Å². The number of urea groups is 1. The molecule has 0 atom stereocenters. The van der Waals surface area contributed by atoms with E-state index in [1.165, 1.54) is 5.56 Å². The third-order valence-electron chi connectivity index (χ3n) is 3.78. The van der Waals surface area contributed by atoms with Crippen LogP contribution in [0.1, 0.15) is 32.8 Å². The lowest BCUT2D eigenvalue weighted by Crippen LogP contribution is -2.30. The molecule has 2 rings (SSSR count). The molecule has 0 bridgehead atoms. The van der Waals surface area contributed by atoms with Crippen molar-refractivity contribution in [2.24, 2.45) is 0 Å². The van der Waals surface area contributed by atoms with Crippen molar-refractivity contribution >= 4 is 39.2 Å². The van der Waals surface area contributed by atoms with Crippen LogP contribution in [0.4, 0.5) is 10.5 Å². The topological polar surface area (TPSA) is 50.4 Å². The van der Waals surface area contributed by atoms with Crippen molar-refractivity contribution in [2.75, 3.05) is 18.5 Å². The van der Waals surface area contributed by atoms with Crippen LogP contribution >= 0.6 is 27.5 Å². The monoisotopic (exact) mass is 438 g/mol. The predicted molar refractivity (Wildman–Crippen MR) is 111 cm³/mol. The molecule has 0 aliphatic heterocycles. The summed E-state index contributed by atoms with van der Waals surface area (Å²) in [6.45, 7) is 7.55. The highest BCUT2D eigenvalue weighted by molar-refractivity contribution is 9.10. The van der Waals surface area contributed by atoms with Crippen LogP contribution in [-0.2, 0) is 5.41 Å². The maximum Gasteiger partial charge on any atom is 0.319 e. The summed E-state index contributed by atoms with van der Waals surface area (Å²) in [6, 6.07) is 13.0. The molecule has 0 saturated carbocycles. The number of hydrogen-bond acceptors (Lipinski definition) is 2. The first-order valence-corrected chi connectivity index (χ1v) is 9.66. The number of halogens is 2. The maximum absolute atomic E-state index is 11.9. The lowest BCUT2D eigenvalue weighted by molar-refractivity contribution is 0.250. The summed E-state index contributed by atoms with van der Waals surface area (Å²) in [5.41, 5.74) is 1.93. The van der Waals surface area contributed by atoms with E-state index < -0.39 is 0 Å². The van der Waals surface area contributed by atoms with Gasteiger partial charge in [0.15, 0.2) is 0 Å². The third kappa shape index (κ3) is 6.22. The van der Waals surface area contributed by atoms with Crippen molar-refractivity contribution in [3.63, 3.8) is 0 Å². The Morgan fingerprint density at radius 1 is 1.19 bits per heavy atom. The molecule has 26 heavy (non-hydrogen) atoms. The van der Waals surface area contributed by atoms with Crippen LogP contribution in [0.5, 0.6) is 5.75 Å². The van der Waals surface area contributed by atoms with Gasteiger partial charge in [-0.15, -0.1) is 0 Å². The van der Waals surface area contributed by atoms with Crippen LogP contribution in [0, 0.1) is 0 Å². The van der Waals surface area contributed by atoms with Gasteiger partial charge in [-0.1, -0.05) is 50.6 Å². The van der Waals surface area contributed by atoms with E-state index in [-0.39, 0.29) is 11.4 Å². The second-order valence-electron chi connectivity index (χ2n) is 6.96. The predicted octanol–water partition coefficient (Wildman–Crippen LogP) is 5.99. The first-order chi connectivity index (χ1) is 12.3. The molecule has 2 amide bonds. The van der Waals surface area contributed by atoms with Crippen LogP contribution in [0.25, 0.3) is 0 Å². The van der Waals surface area contributed by atoms with Gasteiger partial charge in [-0.2, -0.15) is 0 Å². The van der Waals surface area contributed by atoms with E-state index in [9.17, 15) is 4.79 Å². The summed E-state index contributed by atoms with van der Waals surface area (Å²) in [5, 5.41) is 6.01. The number of para-hydroxylation sites is 1. The molecule has 2 N–H and O–H groups in total. The van der Waals surface area contributed by atoms with Crippen LogP contribution < -0.4 is 15.4 Å².